The number of hydrogen-bond donors (Lipinski definition) is 0. The van der Waals surface area contributed by atoms with Crippen molar-refractivity contribution in [3.63, 3.8) is 0 Å². The largest absolute Gasteiger partial charge is 0.378 e. The number of anilines is 1. The molecule has 0 aliphatic carbocycles. The van der Waals surface area contributed by atoms with Gasteiger partial charge in [-0.15, -0.1) is 0 Å². The number of carbonyl (C=O) groups excluding carboxylic acids is 1. The molecule has 2 aromatic carbocycles. The van der Waals surface area contributed by atoms with E-state index >= 15 is 0 Å². The third-order valence-electron chi connectivity index (χ3n) is 7.37. The molecule has 2 saturated heterocycles. The van der Waals surface area contributed by atoms with E-state index in [2.05, 4.69) is 55.9 Å². The fourth-order valence-corrected chi connectivity index (χ4v) is 6.45. The van der Waals surface area contributed by atoms with Gasteiger partial charge in [0.1, 0.15) is 0 Å². The molecule has 0 bridgehead atoms. The molecule has 0 saturated carbocycles. The molecular formula is C29H30ClN5O2S. The second kappa shape index (κ2) is 11.1. The normalized spacial score (nSPS) is 20.0. The van der Waals surface area contributed by atoms with E-state index in [1.165, 1.54) is 11.8 Å². The van der Waals surface area contributed by atoms with Gasteiger partial charge in [-0.25, -0.2) is 0 Å². The molecule has 6 rings (SSSR count). The van der Waals surface area contributed by atoms with Crippen LogP contribution in [-0.4, -0.2) is 84.9 Å². The average molecular weight is 548 g/mol. The van der Waals surface area contributed by atoms with Crippen LogP contribution >= 0.6 is 23.4 Å². The smallest absolute Gasteiger partial charge is 0.286 e. The van der Waals surface area contributed by atoms with Gasteiger partial charge in [-0.1, -0.05) is 30.7 Å². The number of halogens is 1. The van der Waals surface area contributed by atoms with Gasteiger partial charge in [0.2, 0.25) is 0 Å². The minimum atomic E-state index is -0.190. The Balaban J connectivity index is 1.27. The number of carbonyl (C=O) groups is 1. The van der Waals surface area contributed by atoms with Crippen LogP contribution in [0.25, 0.3) is 28.1 Å². The molecule has 38 heavy (non-hydrogen) atoms. The lowest BCUT2D eigenvalue weighted by molar-refractivity contribution is -0.113. The predicted molar refractivity (Wildman–Crippen MR) is 157 cm³/mol. The van der Waals surface area contributed by atoms with Crippen molar-refractivity contribution < 1.29 is 9.53 Å². The van der Waals surface area contributed by atoms with Crippen molar-refractivity contribution in [1.82, 2.24) is 14.8 Å². The van der Waals surface area contributed by atoms with Crippen LogP contribution in [0.1, 0.15) is 12.5 Å². The van der Waals surface area contributed by atoms with Crippen LogP contribution in [0.4, 0.5) is 5.69 Å². The molecule has 0 N–H and O–H groups in total. The number of ether oxygens (including phenoxy) is 1. The topological polar surface area (TPSA) is 61.3 Å². The van der Waals surface area contributed by atoms with Crippen LogP contribution < -0.4 is 4.90 Å². The fraction of sp³-hybridized carbons (Fsp3) is 0.345. The highest BCUT2D eigenvalue weighted by molar-refractivity contribution is 8.18. The maximum Gasteiger partial charge on any atom is 0.286 e. The monoisotopic (exact) mass is 547 g/mol. The Hall–Kier alpha value is -2.91. The standard InChI is InChI=1S/C29H30ClN5O2S/c1-2-33-9-11-34(12-10-33)26-6-4-21(19-24(26)30)22-7-8-31-25-5-3-20(17-23(22)25)18-27-28(36)32-29(38-27)35-13-15-37-16-14-35/h3-8,17-19H,2,9-16H2,1H3. The second-order valence-corrected chi connectivity index (χ2v) is 11.0. The number of amides is 1. The van der Waals surface area contributed by atoms with Gasteiger partial charge in [0.15, 0.2) is 5.17 Å². The molecule has 0 atom stereocenters. The molecular weight excluding hydrogens is 518 g/mol. The summed E-state index contributed by atoms with van der Waals surface area (Å²) in [6, 6.07) is 14.5. The third-order valence-corrected chi connectivity index (χ3v) is 8.72. The first-order chi connectivity index (χ1) is 18.6. The Kier molecular flexibility index (Phi) is 7.39. The van der Waals surface area contributed by atoms with Crippen molar-refractivity contribution in [1.29, 1.82) is 0 Å². The Labute approximate surface area is 232 Å². The minimum Gasteiger partial charge on any atom is -0.378 e. The van der Waals surface area contributed by atoms with Crippen molar-refractivity contribution in [3.05, 3.63) is 64.2 Å². The SMILES string of the molecule is CCN1CCN(c2ccc(-c3ccnc4ccc(C=C5SC(N6CCOCC6)=NC5=O)cc34)cc2Cl)CC1. The van der Waals surface area contributed by atoms with Gasteiger partial charge >= 0.3 is 0 Å². The Morgan fingerprint density at radius 3 is 2.58 bits per heavy atom. The lowest BCUT2D eigenvalue weighted by atomic mass is 9.99. The van der Waals surface area contributed by atoms with Crippen LogP contribution in [0.3, 0.4) is 0 Å². The molecule has 3 aromatic rings. The van der Waals surface area contributed by atoms with Gasteiger partial charge in [-0.3, -0.25) is 9.78 Å². The third kappa shape index (κ3) is 5.18. The summed E-state index contributed by atoms with van der Waals surface area (Å²) in [4.78, 5) is 29.1. The van der Waals surface area contributed by atoms with Crippen molar-refractivity contribution in [3.8, 4) is 11.1 Å². The van der Waals surface area contributed by atoms with E-state index in [1.807, 2.05) is 30.5 Å². The molecule has 7 nitrogen and oxygen atoms in total. The molecule has 0 spiro atoms. The Morgan fingerprint density at radius 1 is 1.00 bits per heavy atom. The molecule has 1 aromatic heterocycles. The number of likely N-dealkylation sites (N-methyl/N-ethyl adjacent to an activating group) is 1. The number of benzene rings is 2. The van der Waals surface area contributed by atoms with E-state index in [0.717, 1.165) is 89.3 Å². The van der Waals surface area contributed by atoms with Crippen LogP contribution in [-0.2, 0) is 9.53 Å². The fourth-order valence-electron chi connectivity index (χ4n) is 5.18. The zero-order valence-electron chi connectivity index (χ0n) is 21.4. The first kappa shape index (κ1) is 25.4. The lowest BCUT2D eigenvalue weighted by Gasteiger charge is -2.36. The lowest BCUT2D eigenvalue weighted by Crippen LogP contribution is -2.46. The van der Waals surface area contributed by atoms with Crippen molar-refractivity contribution in [2.75, 3.05) is 63.9 Å². The summed E-state index contributed by atoms with van der Waals surface area (Å²) in [5.41, 5.74) is 5.04. The van der Waals surface area contributed by atoms with E-state index in [1.54, 1.807) is 0 Å². The zero-order valence-corrected chi connectivity index (χ0v) is 23.0. The van der Waals surface area contributed by atoms with Gasteiger partial charge in [0, 0.05) is 50.9 Å². The first-order valence-electron chi connectivity index (χ1n) is 13.1. The summed E-state index contributed by atoms with van der Waals surface area (Å²) in [6.07, 6.45) is 3.76. The van der Waals surface area contributed by atoms with E-state index < -0.39 is 0 Å². The summed E-state index contributed by atoms with van der Waals surface area (Å²) in [7, 11) is 0. The first-order valence-corrected chi connectivity index (χ1v) is 14.3. The van der Waals surface area contributed by atoms with E-state index in [-0.39, 0.29) is 5.91 Å². The quantitative estimate of drug-likeness (QED) is 0.426. The number of piperazine rings is 1. The molecule has 3 aliphatic heterocycles. The summed E-state index contributed by atoms with van der Waals surface area (Å²) >= 11 is 8.26. The van der Waals surface area contributed by atoms with Gasteiger partial charge in [0.05, 0.1) is 34.3 Å². The number of nitrogens with zero attached hydrogens (tertiary/aromatic N) is 5. The van der Waals surface area contributed by atoms with Gasteiger partial charge in [-0.05, 0) is 71.4 Å². The van der Waals surface area contributed by atoms with Gasteiger partial charge < -0.3 is 19.4 Å². The number of aliphatic imine (C=N–C) groups is 1. The summed E-state index contributed by atoms with van der Waals surface area (Å²) < 4.78 is 5.43. The number of hydrogen-bond acceptors (Lipinski definition) is 7. The second-order valence-electron chi connectivity index (χ2n) is 9.63. The van der Waals surface area contributed by atoms with Crippen molar-refractivity contribution >= 4 is 57.1 Å². The highest BCUT2D eigenvalue weighted by Gasteiger charge is 2.27. The van der Waals surface area contributed by atoms with Crippen molar-refractivity contribution in [2.24, 2.45) is 4.99 Å². The molecule has 2 fully saturated rings. The minimum absolute atomic E-state index is 0.190. The van der Waals surface area contributed by atoms with E-state index in [0.29, 0.717) is 18.1 Å². The van der Waals surface area contributed by atoms with Crippen LogP contribution in [0.15, 0.2) is 58.6 Å². The number of pyridine rings is 1. The highest BCUT2D eigenvalue weighted by Crippen LogP contribution is 2.36. The maximum absolute atomic E-state index is 12.7. The number of aromatic nitrogens is 1. The average Bonchev–Trinajstić information content (AvgIpc) is 3.33. The summed E-state index contributed by atoms with van der Waals surface area (Å²) in [5.74, 6) is -0.190. The Bertz CT molecular complexity index is 1430. The number of rotatable bonds is 4. The van der Waals surface area contributed by atoms with Crippen LogP contribution in [0.5, 0.6) is 0 Å². The molecule has 3 aliphatic rings. The molecule has 4 heterocycles. The molecule has 9 heteroatoms. The van der Waals surface area contributed by atoms with Crippen molar-refractivity contribution in [2.45, 2.75) is 6.92 Å². The van der Waals surface area contributed by atoms with E-state index in [9.17, 15) is 4.79 Å². The van der Waals surface area contributed by atoms with Gasteiger partial charge in [-0.2, -0.15) is 4.99 Å². The predicted octanol–water partition coefficient (Wildman–Crippen LogP) is 5.00. The molecule has 196 valence electrons. The van der Waals surface area contributed by atoms with Crippen LogP contribution in [0.2, 0.25) is 5.02 Å². The van der Waals surface area contributed by atoms with Crippen LogP contribution in [0, 0.1) is 0 Å². The van der Waals surface area contributed by atoms with E-state index in [4.69, 9.17) is 16.3 Å². The van der Waals surface area contributed by atoms with Gasteiger partial charge in [0.25, 0.3) is 5.91 Å². The molecule has 0 radical (unpaired) electrons. The summed E-state index contributed by atoms with van der Waals surface area (Å²) in [5, 5.41) is 2.54. The highest BCUT2D eigenvalue weighted by atomic mass is 35.5. The zero-order chi connectivity index (χ0) is 26.1. The number of fused-ring (bicyclic) bond motifs is 1. The number of morpholine rings is 1. The summed E-state index contributed by atoms with van der Waals surface area (Å²) in [6.45, 7) is 10.2. The molecule has 0 unspecified atom stereocenters. The number of amidine groups is 1. The molecule has 1 amide bonds. The maximum atomic E-state index is 12.7. The number of thioether (sulfide) groups is 1. The Morgan fingerprint density at radius 2 is 1.82 bits per heavy atom.